The second-order valence-corrected chi connectivity index (χ2v) is 3.58. The molecule has 0 aliphatic rings. The molecule has 3 heteroatoms. The van der Waals surface area contributed by atoms with Gasteiger partial charge in [-0.1, -0.05) is 5.57 Å². The van der Waals surface area contributed by atoms with Crippen LogP contribution in [0.4, 0.5) is 5.69 Å². The molecule has 0 unspecified atom stereocenters. The predicted molar refractivity (Wildman–Crippen MR) is 62.9 cm³/mol. The summed E-state index contributed by atoms with van der Waals surface area (Å²) in [4.78, 5) is 10.8. The van der Waals surface area contributed by atoms with Crippen molar-refractivity contribution >= 4 is 11.6 Å². The second kappa shape index (κ2) is 5.20. The lowest BCUT2D eigenvalue weighted by atomic mass is 10.2. The fraction of sp³-hybridized carbons (Fsp3) is 0.250. The lowest BCUT2D eigenvalue weighted by Gasteiger charge is -2.06. The molecule has 1 aromatic rings. The number of rotatable bonds is 5. The first-order valence-electron chi connectivity index (χ1n) is 4.87. The van der Waals surface area contributed by atoms with Gasteiger partial charge in [-0.2, -0.15) is 0 Å². The molecule has 3 N–H and O–H groups in total. The van der Waals surface area contributed by atoms with E-state index in [1.54, 1.807) is 12.1 Å². The van der Waals surface area contributed by atoms with Gasteiger partial charge in [0, 0.05) is 17.8 Å². The Balaban J connectivity index is 2.50. The van der Waals surface area contributed by atoms with Gasteiger partial charge in [-0.25, -0.2) is 0 Å². The van der Waals surface area contributed by atoms with Crippen LogP contribution in [0.3, 0.4) is 0 Å². The van der Waals surface area contributed by atoms with Crippen LogP contribution in [-0.4, -0.2) is 12.5 Å². The number of nitrogens with two attached hydrogens (primary N) is 1. The monoisotopic (exact) mass is 204 g/mol. The van der Waals surface area contributed by atoms with Crippen molar-refractivity contribution in [2.24, 2.45) is 5.73 Å². The quantitative estimate of drug-likeness (QED) is 0.722. The maximum absolute atomic E-state index is 10.8. The average molecular weight is 204 g/mol. The van der Waals surface area contributed by atoms with Crippen molar-refractivity contribution in [1.29, 1.82) is 0 Å². The van der Waals surface area contributed by atoms with Gasteiger partial charge in [0.1, 0.15) is 0 Å². The normalized spacial score (nSPS) is 9.67. The van der Waals surface area contributed by atoms with Crippen LogP contribution >= 0.6 is 0 Å². The zero-order valence-corrected chi connectivity index (χ0v) is 8.92. The van der Waals surface area contributed by atoms with E-state index in [0.29, 0.717) is 5.56 Å². The van der Waals surface area contributed by atoms with Crippen LogP contribution in [0.2, 0.25) is 0 Å². The van der Waals surface area contributed by atoms with E-state index in [9.17, 15) is 4.79 Å². The number of carbonyl (C=O) groups excluding carboxylic acids is 1. The van der Waals surface area contributed by atoms with Crippen molar-refractivity contribution in [1.82, 2.24) is 0 Å². The summed E-state index contributed by atoms with van der Waals surface area (Å²) in [6, 6.07) is 7.12. The standard InChI is InChI=1S/C12H16N2O/c1-9(2)7-8-14-11-5-3-10(4-6-11)12(13)15/h3-6,14H,1,7-8H2,2H3,(H2,13,15). The molecule has 0 aliphatic carbocycles. The third-order valence-electron chi connectivity index (χ3n) is 2.05. The molecule has 80 valence electrons. The molecular weight excluding hydrogens is 188 g/mol. The summed E-state index contributed by atoms with van der Waals surface area (Å²) in [5, 5.41) is 3.23. The van der Waals surface area contributed by atoms with E-state index in [2.05, 4.69) is 11.9 Å². The minimum Gasteiger partial charge on any atom is -0.385 e. The van der Waals surface area contributed by atoms with Gasteiger partial charge in [0.2, 0.25) is 5.91 Å². The van der Waals surface area contributed by atoms with Crippen molar-refractivity contribution < 1.29 is 4.79 Å². The number of nitrogens with one attached hydrogen (secondary N) is 1. The van der Waals surface area contributed by atoms with Crippen LogP contribution in [-0.2, 0) is 0 Å². The number of amides is 1. The maximum Gasteiger partial charge on any atom is 0.248 e. The molecule has 0 bridgehead atoms. The Hall–Kier alpha value is -1.77. The molecule has 0 atom stereocenters. The third kappa shape index (κ3) is 3.85. The first-order valence-corrected chi connectivity index (χ1v) is 4.87. The van der Waals surface area contributed by atoms with E-state index >= 15 is 0 Å². The molecule has 0 fully saturated rings. The number of primary amides is 1. The SMILES string of the molecule is C=C(C)CCNc1ccc(C(N)=O)cc1. The van der Waals surface area contributed by atoms with Crippen LogP contribution in [0.25, 0.3) is 0 Å². The van der Waals surface area contributed by atoms with Crippen molar-refractivity contribution in [3.63, 3.8) is 0 Å². The first kappa shape index (κ1) is 11.3. The van der Waals surface area contributed by atoms with Crippen molar-refractivity contribution in [3.05, 3.63) is 42.0 Å². The van der Waals surface area contributed by atoms with Crippen molar-refractivity contribution in [3.8, 4) is 0 Å². The van der Waals surface area contributed by atoms with Gasteiger partial charge in [-0.3, -0.25) is 4.79 Å². The van der Waals surface area contributed by atoms with Gasteiger partial charge in [0.05, 0.1) is 0 Å². The predicted octanol–water partition coefficient (Wildman–Crippen LogP) is 2.16. The summed E-state index contributed by atoms with van der Waals surface area (Å²) >= 11 is 0. The van der Waals surface area contributed by atoms with E-state index in [-0.39, 0.29) is 0 Å². The molecule has 15 heavy (non-hydrogen) atoms. The minimum atomic E-state index is -0.400. The van der Waals surface area contributed by atoms with Gasteiger partial charge in [-0.15, -0.1) is 6.58 Å². The minimum absolute atomic E-state index is 0.400. The molecule has 1 aromatic carbocycles. The van der Waals surface area contributed by atoms with Crippen molar-refractivity contribution in [2.45, 2.75) is 13.3 Å². The van der Waals surface area contributed by atoms with E-state index in [1.165, 1.54) is 0 Å². The lowest BCUT2D eigenvalue weighted by molar-refractivity contribution is 0.100. The first-order chi connectivity index (χ1) is 7.09. The highest BCUT2D eigenvalue weighted by molar-refractivity contribution is 5.93. The molecule has 1 rings (SSSR count). The zero-order valence-electron chi connectivity index (χ0n) is 8.92. The Bertz CT molecular complexity index is 354. The van der Waals surface area contributed by atoms with Gasteiger partial charge < -0.3 is 11.1 Å². The highest BCUT2D eigenvalue weighted by atomic mass is 16.1. The third-order valence-corrected chi connectivity index (χ3v) is 2.05. The Labute approximate surface area is 90.0 Å². The Morgan fingerprint density at radius 1 is 1.40 bits per heavy atom. The Morgan fingerprint density at radius 3 is 2.47 bits per heavy atom. The van der Waals surface area contributed by atoms with Crippen LogP contribution in [0.1, 0.15) is 23.7 Å². The van der Waals surface area contributed by atoms with Crippen LogP contribution in [0, 0.1) is 0 Å². The Morgan fingerprint density at radius 2 is 2.00 bits per heavy atom. The largest absolute Gasteiger partial charge is 0.385 e. The summed E-state index contributed by atoms with van der Waals surface area (Å²) in [5.41, 5.74) is 7.80. The average Bonchev–Trinajstić information content (AvgIpc) is 2.18. The maximum atomic E-state index is 10.8. The van der Waals surface area contributed by atoms with Crippen LogP contribution in [0.15, 0.2) is 36.4 Å². The summed E-state index contributed by atoms with van der Waals surface area (Å²) in [6.45, 7) is 6.67. The smallest absolute Gasteiger partial charge is 0.248 e. The van der Waals surface area contributed by atoms with Crippen LogP contribution in [0.5, 0.6) is 0 Å². The number of carbonyl (C=O) groups is 1. The Kier molecular flexibility index (Phi) is 3.92. The zero-order chi connectivity index (χ0) is 11.3. The summed E-state index contributed by atoms with van der Waals surface area (Å²) < 4.78 is 0. The van der Waals surface area contributed by atoms with Crippen LogP contribution < -0.4 is 11.1 Å². The summed E-state index contributed by atoms with van der Waals surface area (Å²) in [7, 11) is 0. The van der Waals surface area contributed by atoms with E-state index in [4.69, 9.17) is 5.73 Å². The van der Waals surface area contributed by atoms with Gasteiger partial charge in [-0.05, 0) is 37.6 Å². The fourth-order valence-corrected chi connectivity index (χ4v) is 1.17. The number of anilines is 1. The van der Waals surface area contributed by atoms with Gasteiger partial charge in [0.25, 0.3) is 0 Å². The van der Waals surface area contributed by atoms with Gasteiger partial charge in [0.15, 0.2) is 0 Å². The fourth-order valence-electron chi connectivity index (χ4n) is 1.17. The molecule has 0 aromatic heterocycles. The van der Waals surface area contributed by atoms with Crippen molar-refractivity contribution in [2.75, 3.05) is 11.9 Å². The molecule has 0 heterocycles. The molecule has 3 nitrogen and oxygen atoms in total. The molecule has 0 saturated carbocycles. The number of hydrogen-bond donors (Lipinski definition) is 2. The van der Waals surface area contributed by atoms with E-state index in [0.717, 1.165) is 24.2 Å². The van der Waals surface area contributed by atoms with Gasteiger partial charge >= 0.3 is 0 Å². The molecule has 1 amide bonds. The topological polar surface area (TPSA) is 55.1 Å². The molecule has 0 saturated heterocycles. The molecule has 0 aliphatic heterocycles. The number of hydrogen-bond acceptors (Lipinski definition) is 2. The summed E-state index contributed by atoms with van der Waals surface area (Å²) in [6.07, 6.45) is 0.942. The molecular formula is C12H16N2O. The highest BCUT2D eigenvalue weighted by Gasteiger charge is 1.98. The molecule has 0 radical (unpaired) electrons. The number of benzene rings is 1. The second-order valence-electron chi connectivity index (χ2n) is 3.58. The highest BCUT2D eigenvalue weighted by Crippen LogP contribution is 2.09. The lowest BCUT2D eigenvalue weighted by Crippen LogP contribution is -2.10. The van der Waals surface area contributed by atoms with E-state index < -0.39 is 5.91 Å². The summed E-state index contributed by atoms with van der Waals surface area (Å²) in [5.74, 6) is -0.400. The van der Waals surface area contributed by atoms with E-state index in [1.807, 2.05) is 19.1 Å². The molecule has 0 spiro atoms.